The highest BCUT2D eigenvalue weighted by Gasteiger charge is 2.14. The zero-order valence-electron chi connectivity index (χ0n) is 13.2. The molecule has 1 aromatic rings. The second kappa shape index (κ2) is 9.68. The molecule has 0 aromatic heterocycles. The molecule has 1 aromatic carbocycles. The highest BCUT2D eigenvalue weighted by atomic mass is 32.2. The topological polar surface area (TPSA) is 55.6 Å². The largest absolute Gasteiger partial charge is 0.493 e. The molecule has 0 saturated carbocycles. The SMILES string of the molecule is CCCOc1cc(N)ccc1C(=O)SCCN(CC)CC. The fourth-order valence-corrected chi connectivity index (χ4v) is 2.78. The number of hydrogen-bond donors (Lipinski definition) is 1. The van der Waals surface area contributed by atoms with Gasteiger partial charge in [-0.3, -0.25) is 4.79 Å². The van der Waals surface area contributed by atoms with E-state index in [-0.39, 0.29) is 5.12 Å². The lowest BCUT2D eigenvalue weighted by Crippen LogP contribution is -2.25. The lowest BCUT2D eigenvalue weighted by atomic mass is 10.2. The molecule has 5 heteroatoms. The van der Waals surface area contributed by atoms with E-state index in [9.17, 15) is 4.79 Å². The highest BCUT2D eigenvalue weighted by molar-refractivity contribution is 8.14. The van der Waals surface area contributed by atoms with Crippen molar-refractivity contribution >= 4 is 22.6 Å². The van der Waals surface area contributed by atoms with E-state index in [0.717, 1.165) is 31.8 Å². The second-order valence-corrected chi connectivity index (χ2v) is 5.83. The van der Waals surface area contributed by atoms with Gasteiger partial charge in [-0.05, 0) is 31.6 Å². The summed E-state index contributed by atoms with van der Waals surface area (Å²) in [4.78, 5) is 14.6. The van der Waals surface area contributed by atoms with Crippen molar-refractivity contribution < 1.29 is 9.53 Å². The maximum absolute atomic E-state index is 12.3. The number of thioether (sulfide) groups is 1. The van der Waals surface area contributed by atoms with Gasteiger partial charge in [-0.15, -0.1) is 0 Å². The van der Waals surface area contributed by atoms with E-state index in [2.05, 4.69) is 18.7 Å². The summed E-state index contributed by atoms with van der Waals surface area (Å²) in [5.41, 5.74) is 7.00. The lowest BCUT2D eigenvalue weighted by Gasteiger charge is -2.17. The summed E-state index contributed by atoms with van der Waals surface area (Å²) < 4.78 is 5.63. The first-order valence-electron chi connectivity index (χ1n) is 7.54. The number of nitrogens with zero attached hydrogens (tertiary/aromatic N) is 1. The van der Waals surface area contributed by atoms with Crippen LogP contribution in [0.1, 0.15) is 37.6 Å². The summed E-state index contributed by atoms with van der Waals surface area (Å²) in [6.45, 7) is 9.83. The first kappa shape index (κ1) is 17.9. The maximum Gasteiger partial charge on any atom is 0.223 e. The van der Waals surface area contributed by atoms with Crippen molar-refractivity contribution in [3.8, 4) is 5.75 Å². The number of ether oxygens (including phenoxy) is 1. The molecule has 118 valence electrons. The molecule has 0 aliphatic heterocycles. The van der Waals surface area contributed by atoms with Gasteiger partial charge in [-0.25, -0.2) is 0 Å². The molecule has 0 spiro atoms. The van der Waals surface area contributed by atoms with E-state index in [1.54, 1.807) is 18.2 Å². The van der Waals surface area contributed by atoms with Gasteiger partial charge in [0.05, 0.1) is 12.2 Å². The third-order valence-corrected chi connectivity index (χ3v) is 4.09. The van der Waals surface area contributed by atoms with Crippen LogP contribution < -0.4 is 10.5 Å². The molecule has 1 rings (SSSR count). The summed E-state index contributed by atoms with van der Waals surface area (Å²) in [7, 11) is 0. The monoisotopic (exact) mass is 310 g/mol. The van der Waals surface area contributed by atoms with Crippen molar-refractivity contribution in [2.75, 3.05) is 37.7 Å². The van der Waals surface area contributed by atoms with Gasteiger partial charge in [0.1, 0.15) is 5.75 Å². The second-order valence-electron chi connectivity index (χ2n) is 4.77. The molecule has 0 fully saturated rings. The zero-order chi connectivity index (χ0) is 15.7. The minimum absolute atomic E-state index is 0.0493. The molecular weight excluding hydrogens is 284 g/mol. The standard InChI is InChI=1S/C16H26N2O2S/c1-4-10-20-15-12-13(17)7-8-14(15)16(19)21-11-9-18(5-2)6-3/h7-8,12H,4-6,9-11,17H2,1-3H3. The highest BCUT2D eigenvalue weighted by Crippen LogP contribution is 2.26. The van der Waals surface area contributed by atoms with Gasteiger partial charge in [-0.1, -0.05) is 32.5 Å². The third kappa shape index (κ3) is 5.98. The molecule has 0 bridgehead atoms. The lowest BCUT2D eigenvalue weighted by molar-refractivity contribution is 0.108. The quantitative estimate of drug-likeness (QED) is 0.709. The zero-order valence-corrected chi connectivity index (χ0v) is 14.0. The van der Waals surface area contributed by atoms with E-state index in [1.807, 2.05) is 6.92 Å². The van der Waals surface area contributed by atoms with E-state index in [4.69, 9.17) is 10.5 Å². The molecule has 0 heterocycles. The van der Waals surface area contributed by atoms with Crippen molar-refractivity contribution in [2.45, 2.75) is 27.2 Å². The van der Waals surface area contributed by atoms with Gasteiger partial charge < -0.3 is 15.4 Å². The molecule has 0 saturated heterocycles. The summed E-state index contributed by atoms with van der Waals surface area (Å²) in [6.07, 6.45) is 0.900. The summed E-state index contributed by atoms with van der Waals surface area (Å²) in [6, 6.07) is 5.23. The first-order chi connectivity index (χ1) is 10.1. The van der Waals surface area contributed by atoms with Crippen LogP contribution in [0.25, 0.3) is 0 Å². The van der Waals surface area contributed by atoms with Gasteiger partial charge in [0.25, 0.3) is 0 Å². The maximum atomic E-state index is 12.3. The minimum Gasteiger partial charge on any atom is -0.493 e. The molecular formula is C16H26N2O2S. The Morgan fingerprint density at radius 1 is 1.29 bits per heavy atom. The Hall–Kier alpha value is -1.20. The Morgan fingerprint density at radius 2 is 2.00 bits per heavy atom. The molecule has 0 unspecified atom stereocenters. The number of carbonyl (C=O) groups excluding carboxylic acids is 1. The molecule has 4 nitrogen and oxygen atoms in total. The fourth-order valence-electron chi connectivity index (χ4n) is 1.92. The fraction of sp³-hybridized carbons (Fsp3) is 0.562. The van der Waals surface area contributed by atoms with Gasteiger partial charge >= 0.3 is 0 Å². The molecule has 2 N–H and O–H groups in total. The first-order valence-corrected chi connectivity index (χ1v) is 8.52. The number of nitrogen functional groups attached to an aromatic ring is 1. The van der Waals surface area contributed by atoms with Crippen molar-refractivity contribution in [1.29, 1.82) is 0 Å². The number of nitrogens with two attached hydrogens (primary N) is 1. The Balaban J connectivity index is 2.64. The molecule has 0 amide bonds. The molecule has 21 heavy (non-hydrogen) atoms. The third-order valence-electron chi connectivity index (χ3n) is 3.22. The van der Waals surface area contributed by atoms with Gasteiger partial charge in [0.15, 0.2) is 0 Å². The van der Waals surface area contributed by atoms with Crippen molar-refractivity contribution in [2.24, 2.45) is 0 Å². The normalized spacial score (nSPS) is 10.9. The van der Waals surface area contributed by atoms with E-state index >= 15 is 0 Å². The average Bonchev–Trinajstić information content (AvgIpc) is 2.49. The Morgan fingerprint density at radius 3 is 2.62 bits per heavy atom. The van der Waals surface area contributed by atoms with Crippen LogP contribution in [-0.2, 0) is 0 Å². The molecule has 0 atom stereocenters. The van der Waals surface area contributed by atoms with E-state index in [0.29, 0.717) is 23.6 Å². The van der Waals surface area contributed by atoms with Crippen LogP contribution in [0.15, 0.2) is 18.2 Å². The van der Waals surface area contributed by atoms with E-state index < -0.39 is 0 Å². The van der Waals surface area contributed by atoms with Gasteiger partial charge in [-0.2, -0.15) is 0 Å². The summed E-state index contributed by atoms with van der Waals surface area (Å²) >= 11 is 1.34. The number of hydrogen-bond acceptors (Lipinski definition) is 5. The predicted molar refractivity (Wildman–Crippen MR) is 91.2 cm³/mol. The van der Waals surface area contributed by atoms with Crippen molar-refractivity contribution in [1.82, 2.24) is 4.90 Å². The Labute approximate surface area is 132 Å². The molecule has 0 aliphatic carbocycles. The summed E-state index contributed by atoms with van der Waals surface area (Å²) in [5, 5.41) is 0.0493. The number of anilines is 1. The predicted octanol–water partition coefficient (Wildman–Crippen LogP) is 3.27. The van der Waals surface area contributed by atoms with Crippen molar-refractivity contribution in [3.05, 3.63) is 23.8 Å². The summed E-state index contributed by atoms with van der Waals surface area (Å²) in [5.74, 6) is 1.38. The average molecular weight is 310 g/mol. The van der Waals surface area contributed by atoms with Crippen LogP contribution in [0.3, 0.4) is 0 Å². The van der Waals surface area contributed by atoms with E-state index in [1.165, 1.54) is 11.8 Å². The van der Waals surface area contributed by atoms with Crippen LogP contribution in [-0.4, -0.2) is 42.0 Å². The number of rotatable bonds is 9. The van der Waals surface area contributed by atoms with Crippen LogP contribution in [0.5, 0.6) is 5.75 Å². The number of carbonyl (C=O) groups is 1. The Bertz CT molecular complexity index is 448. The van der Waals surface area contributed by atoms with Crippen LogP contribution in [0.2, 0.25) is 0 Å². The minimum atomic E-state index is 0.0493. The van der Waals surface area contributed by atoms with Gasteiger partial charge in [0, 0.05) is 24.1 Å². The van der Waals surface area contributed by atoms with Crippen LogP contribution in [0.4, 0.5) is 5.69 Å². The Kier molecular flexibility index (Phi) is 8.23. The smallest absolute Gasteiger partial charge is 0.223 e. The van der Waals surface area contributed by atoms with Crippen LogP contribution >= 0.6 is 11.8 Å². The van der Waals surface area contributed by atoms with Crippen LogP contribution in [0, 0.1) is 0 Å². The number of benzene rings is 1. The van der Waals surface area contributed by atoms with Gasteiger partial charge in [0.2, 0.25) is 5.12 Å². The van der Waals surface area contributed by atoms with Crippen molar-refractivity contribution in [3.63, 3.8) is 0 Å². The molecule has 0 aliphatic rings. The molecule has 0 radical (unpaired) electrons.